The van der Waals surface area contributed by atoms with Gasteiger partial charge in [0.2, 0.25) is 5.95 Å². The first kappa shape index (κ1) is 15.8. The Morgan fingerprint density at radius 3 is 2.73 bits per heavy atom. The highest BCUT2D eigenvalue weighted by atomic mass is 19.1. The van der Waals surface area contributed by atoms with Crippen LogP contribution in [-0.2, 0) is 0 Å². The SMILES string of the molecule is Cc1cnc(Nc2ccccc2F)nc1Nn1c(=O)oc2ccccc21. The molecule has 130 valence electrons. The summed E-state index contributed by atoms with van der Waals surface area (Å²) in [6.45, 7) is 1.79. The van der Waals surface area contributed by atoms with Crippen LogP contribution in [0.25, 0.3) is 11.1 Å². The first-order chi connectivity index (χ1) is 12.6. The van der Waals surface area contributed by atoms with Crippen LogP contribution in [0.4, 0.5) is 21.8 Å². The minimum atomic E-state index is -0.562. The van der Waals surface area contributed by atoms with E-state index in [1.54, 1.807) is 55.6 Å². The molecule has 0 amide bonds. The molecule has 4 aromatic rings. The van der Waals surface area contributed by atoms with Crippen LogP contribution in [0.15, 0.2) is 63.9 Å². The lowest BCUT2D eigenvalue weighted by atomic mass is 10.3. The van der Waals surface area contributed by atoms with E-state index in [1.807, 2.05) is 0 Å². The van der Waals surface area contributed by atoms with Crippen molar-refractivity contribution >= 4 is 28.6 Å². The summed E-state index contributed by atoms with van der Waals surface area (Å²) in [6.07, 6.45) is 1.58. The van der Waals surface area contributed by atoms with Gasteiger partial charge in [0, 0.05) is 11.8 Å². The molecule has 0 spiro atoms. The Hall–Kier alpha value is -3.68. The maximum atomic E-state index is 13.8. The van der Waals surface area contributed by atoms with Crippen LogP contribution >= 0.6 is 0 Å². The number of anilines is 3. The molecule has 0 aliphatic carbocycles. The van der Waals surface area contributed by atoms with E-state index in [1.165, 1.54) is 10.7 Å². The molecule has 2 aromatic carbocycles. The summed E-state index contributed by atoms with van der Waals surface area (Å²) < 4.78 is 20.2. The van der Waals surface area contributed by atoms with Gasteiger partial charge in [-0.25, -0.2) is 14.2 Å². The van der Waals surface area contributed by atoms with E-state index in [0.717, 1.165) is 0 Å². The second-order valence-corrected chi connectivity index (χ2v) is 5.61. The van der Waals surface area contributed by atoms with Crippen LogP contribution in [0.3, 0.4) is 0 Å². The van der Waals surface area contributed by atoms with E-state index < -0.39 is 11.6 Å². The van der Waals surface area contributed by atoms with Crippen molar-refractivity contribution in [3.8, 4) is 0 Å². The third-order valence-corrected chi connectivity index (χ3v) is 3.80. The lowest BCUT2D eigenvalue weighted by Gasteiger charge is -2.11. The predicted molar refractivity (Wildman–Crippen MR) is 95.9 cm³/mol. The molecule has 7 nitrogen and oxygen atoms in total. The van der Waals surface area contributed by atoms with Crippen molar-refractivity contribution < 1.29 is 8.81 Å². The van der Waals surface area contributed by atoms with Crippen molar-refractivity contribution in [1.82, 2.24) is 14.6 Å². The first-order valence-corrected chi connectivity index (χ1v) is 7.84. The topological polar surface area (TPSA) is 85.0 Å². The normalized spacial score (nSPS) is 10.8. The fourth-order valence-electron chi connectivity index (χ4n) is 2.48. The van der Waals surface area contributed by atoms with Crippen molar-refractivity contribution in [2.45, 2.75) is 6.92 Å². The third-order valence-electron chi connectivity index (χ3n) is 3.80. The predicted octanol–water partition coefficient (Wildman–Crippen LogP) is 3.45. The van der Waals surface area contributed by atoms with Gasteiger partial charge in [0.05, 0.1) is 5.69 Å². The molecular formula is C18H14FN5O2. The Bertz CT molecular complexity index is 1150. The zero-order valence-corrected chi connectivity index (χ0v) is 13.7. The molecular weight excluding hydrogens is 337 g/mol. The second-order valence-electron chi connectivity index (χ2n) is 5.61. The van der Waals surface area contributed by atoms with Gasteiger partial charge in [0.15, 0.2) is 11.4 Å². The molecule has 0 fully saturated rings. The second kappa shape index (κ2) is 6.32. The highest BCUT2D eigenvalue weighted by Crippen LogP contribution is 2.20. The largest absolute Gasteiger partial charge is 0.439 e. The summed E-state index contributed by atoms with van der Waals surface area (Å²) in [4.78, 5) is 20.6. The van der Waals surface area contributed by atoms with E-state index in [2.05, 4.69) is 20.7 Å². The van der Waals surface area contributed by atoms with Gasteiger partial charge in [-0.2, -0.15) is 9.66 Å². The van der Waals surface area contributed by atoms with E-state index in [0.29, 0.717) is 22.5 Å². The van der Waals surface area contributed by atoms with Crippen molar-refractivity contribution in [2.75, 3.05) is 10.7 Å². The van der Waals surface area contributed by atoms with Gasteiger partial charge in [0.1, 0.15) is 11.3 Å². The highest BCUT2D eigenvalue weighted by molar-refractivity contribution is 5.73. The highest BCUT2D eigenvalue weighted by Gasteiger charge is 2.12. The summed E-state index contributed by atoms with van der Waals surface area (Å²) >= 11 is 0. The van der Waals surface area contributed by atoms with Gasteiger partial charge >= 0.3 is 5.76 Å². The molecule has 2 aromatic heterocycles. The Labute approximate surface area is 147 Å². The molecule has 0 unspecified atom stereocenters. The standard InChI is InChI=1S/C18H14FN5O2/c1-11-10-20-17(21-13-7-3-2-6-12(13)19)22-16(11)23-24-14-8-4-5-9-15(14)26-18(24)25/h2-10H,1H3,(H2,20,21,22,23). The first-order valence-electron chi connectivity index (χ1n) is 7.84. The van der Waals surface area contributed by atoms with Crippen LogP contribution in [0.1, 0.15) is 5.56 Å². The number of oxazole rings is 1. The van der Waals surface area contributed by atoms with Crippen LogP contribution < -0.4 is 16.5 Å². The molecule has 0 aliphatic heterocycles. The number of hydrogen-bond acceptors (Lipinski definition) is 6. The van der Waals surface area contributed by atoms with Crippen molar-refractivity contribution in [3.63, 3.8) is 0 Å². The van der Waals surface area contributed by atoms with Crippen LogP contribution in [0, 0.1) is 12.7 Å². The number of benzene rings is 2. The Morgan fingerprint density at radius 2 is 1.88 bits per heavy atom. The lowest BCUT2D eigenvalue weighted by Crippen LogP contribution is -2.23. The monoisotopic (exact) mass is 351 g/mol. The minimum Gasteiger partial charge on any atom is -0.406 e. The Balaban J connectivity index is 1.69. The minimum absolute atomic E-state index is 0.198. The fraction of sp³-hybridized carbons (Fsp3) is 0.0556. The van der Waals surface area contributed by atoms with Crippen LogP contribution in [-0.4, -0.2) is 14.6 Å². The summed E-state index contributed by atoms with van der Waals surface area (Å²) in [7, 11) is 0. The van der Waals surface area contributed by atoms with Crippen LogP contribution in [0.2, 0.25) is 0 Å². The average Bonchev–Trinajstić information content (AvgIpc) is 2.95. The molecule has 0 atom stereocenters. The molecule has 2 heterocycles. The number of halogens is 1. The van der Waals surface area contributed by atoms with Gasteiger partial charge in [0.25, 0.3) is 0 Å². The molecule has 0 saturated carbocycles. The van der Waals surface area contributed by atoms with E-state index >= 15 is 0 Å². The maximum Gasteiger partial charge on any atom is 0.439 e. The summed E-state index contributed by atoms with van der Waals surface area (Å²) in [5.41, 5.74) is 4.94. The number of nitrogens with zero attached hydrogens (tertiary/aromatic N) is 3. The molecule has 0 radical (unpaired) electrons. The molecule has 2 N–H and O–H groups in total. The van der Waals surface area contributed by atoms with Gasteiger partial charge in [-0.05, 0) is 31.2 Å². The third kappa shape index (κ3) is 2.88. The van der Waals surface area contributed by atoms with E-state index in [-0.39, 0.29) is 11.6 Å². The van der Waals surface area contributed by atoms with Gasteiger partial charge < -0.3 is 9.73 Å². The number of hydrogen-bond donors (Lipinski definition) is 2. The van der Waals surface area contributed by atoms with Crippen molar-refractivity contribution in [2.24, 2.45) is 0 Å². The molecule has 26 heavy (non-hydrogen) atoms. The molecule has 0 aliphatic rings. The maximum absolute atomic E-state index is 13.8. The molecule has 0 bridgehead atoms. The zero-order chi connectivity index (χ0) is 18.1. The van der Waals surface area contributed by atoms with Gasteiger partial charge in [-0.3, -0.25) is 5.43 Å². The van der Waals surface area contributed by atoms with Crippen molar-refractivity contribution in [1.29, 1.82) is 0 Å². The smallest absolute Gasteiger partial charge is 0.406 e. The number of fused-ring (bicyclic) bond motifs is 1. The van der Waals surface area contributed by atoms with E-state index in [4.69, 9.17) is 4.42 Å². The van der Waals surface area contributed by atoms with Gasteiger partial charge in [-0.15, -0.1) is 0 Å². The van der Waals surface area contributed by atoms with E-state index in [9.17, 15) is 9.18 Å². The molecule has 8 heteroatoms. The molecule has 4 rings (SSSR count). The average molecular weight is 351 g/mol. The number of aromatic nitrogens is 3. The number of rotatable bonds is 4. The number of nitrogens with one attached hydrogen (secondary N) is 2. The number of aryl methyl sites for hydroxylation is 1. The Morgan fingerprint density at radius 1 is 1.12 bits per heavy atom. The molecule has 0 saturated heterocycles. The summed E-state index contributed by atoms with van der Waals surface area (Å²) in [5.74, 6) is -0.382. The quantitative estimate of drug-likeness (QED) is 0.586. The number of para-hydroxylation sites is 3. The van der Waals surface area contributed by atoms with Crippen LogP contribution in [0.5, 0.6) is 0 Å². The zero-order valence-electron chi connectivity index (χ0n) is 13.7. The Kier molecular flexibility index (Phi) is 3.85. The van der Waals surface area contributed by atoms with Crippen molar-refractivity contribution in [3.05, 3.63) is 76.7 Å². The summed E-state index contributed by atoms with van der Waals surface area (Å²) in [6, 6.07) is 13.3. The summed E-state index contributed by atoms with van der Waals surface area (Å²) in [5, 5.41) is 2.82. The van der Waals surface area contributed by atoms with Gasteiger partial charge in [-0.1, -0.05) is 24.3 Å². The lowest BCUT2D eigenvalue weighted by molar-refractivity contribution is 0.532. The fourth-order valence-corrected chi connectivity index (χ4v) is 2.48.